The normalized spacial score (nSPS) is 19.2. The third-order valence-electron chi connectivity index (χ3n) is 4.54. The first kappa shape index (κ1) is 17.2. The van der Waals surface area contributed by atoms with E-state index in [0.29, 0.717) is 0 Å². The van der Waals surface area contributed by atoms with Crippen LogP contribution >= 0.6 is 0 Å². The van der Waals surface area contributed by atoms with E-state index < -0.39 is 17.9 Å². The monoisotopic (exact) mass is 348 g/mol. The summed E-state index contributed by atoms with van der Waals surface area (Å²) in [5.41, 5.74) is 0. The fourth-order valence-electron chi connectivity index (χ4n) is 2.99. The summed E-state index contributed by atoms with van der Waals surface area (Å²) in [7, 11) is 0. The molecular weight excluding hydrogens is 328 g/mol. The van der Waals surface area contributed by atoms with Crippen molar-refractivity contribution in [2.24, 2.45) is 5.92 Å². The predicted octanol–water partition coefficient (Wildman–Crippen LogP) is 5.22. The zero-order valence-electron chi connectivity index (χ0n) is 13.2. The number of ether oxygens (including phenoxy) is 3. The van der Waals surface area contributed by atoms with Crippen LogP contribution in [-0.4, -0.2) is 19.1 Å². The standard InChI is InChI=1S/C17H20F4O3/c18-15-13(23-12-6-3-7-12)8-9-14(16(15)24-17(19,20)21)22-10-11-4-1-2-5-11/h8-9,11-12H,1-7,10H2. The largest absolute Gasteiger partial charge is 0.573 e. The van der Waals surface area contributed by atoms with Gasteiger partial charge >= 0.3 is 6.36 Å². The van der Waals surface area contributed by atoms with Gasteiger partial charge in [0, 0.05) is 0 Å². The lowest BCUT2D eigenvalue weighted by atomic mass is 9.96. The average molecular weight is 348 g/mol. The van der Waals surface area contributed by atoms with Gasteiger partial charge in [-0.25, -0.2) is 0 Å². The van der Waals surface area contributed by atoms with E-state index in [2.05, 4.69) is 4.74 Å². The van der Waals surface area contributed by atoms with Gasteiger partial charge in [0.05, 0.1) is 12.7 Å². The van der Waals surface area contributed by atoms with Gasteiger partial charge in [-0.05, 0) is 50.2 Å². The van der Waals surface area contributed by atoms with Crippen molar-refractivity contribution in [2.45, 2.75) is 57.4 Å². The van der Waals surface area contributed by atoms with Gasteiger partial charge < -0.3 is 14.2 Å². The first-order chi connectivity index (χ1) is 11.4. The molecule has 2 aliphatic rings. The van der Waals surface area contributed by atoms with E-state index in [0.717, 1.165) is 44.9 Å². The smallest absolute Gasteiger partial charge is 0.489 e. The minimum atomic E-state index is -5.00. The van der Waals surface area contributed by atoms with Gasteiger partial charge in [-0.2, -0.15) is 4.39 Å². The summed E-state index contributed by atoms with van der Waals surface area (Å²) in [4.78, 5) is 0. The zero-order valence-corrected chi connectivity index (χ0v) is 13.2. The van der Waals surface area contributed by atoms with Crippen LogP contribution in [0.25, 0.3) is 0 Å². The molecule has 24 heavy (non-hydrogen) atoms. The molecule has 0 bridgehead atoms. The van der Waals surface area contributed by atoms with Crippen LogP contribution in [0.2, 0.25) is 0 Å². The van der Waals surface area contributed by atoms with Gasteiger partial charge in [0.25, 0.3) is 0 Å². The van der Waals surface area contributed by atoms with Crippen LogP contribution in [0.1, 0.15) is 44.9 Å². The maximum atomic E-state index is 14.5. The van der Waals surface area contributed by atoms with E-state index in [1.54, 1.807) is 0 Å². The Labute approximate surface area is 137 Å². The summed E-state index contributed by atoms with van der Waals surface area (Å²) < 4.78 is 67.0. The SMILES string of the molecule is Fc1c(OC2CCC2)ccc(OCC2CCCC2)c1OC(F)(F)F. The van der Waals surface area contributed by atoms with E-state index in [-0.39, 0.29) is 30.1 Å². The molecule has 1 aromatic carbocycles. The maximum Gasteiger partial charge on any atom is 0.573 e. The van der Waals surface area contributed by atoms with Crippen LogP contribution in [0.3, 0.4) is 0 Å². The Hall–Kier alpha value is -1.66. The Morgan fingerprint density at radius 3 is 2.21 bits per heavy atom. The van der Waals surface area contributed by atoms with Crippen molar-refractivity contribution in [1.29, 1.82) is 0 Å². The Balaban J connectivity index is 1.78. The summed E-state index contributed by atoms with van der Waals surface area (Å²) in [5, 5.41) is 0. The van der Waals surface area contributed by atoms with Crippen LogP contribution < -0.4 is 14.2 Å². The van der Waals surface area contributed by atoms with Crippen molar-refractivity contribution in [2.75, 3.05) is 6.61 Å². The van der Waals surface area contributed by atoms with E-state index in [9.17, 15) is 17.6 Å². The fraction of sp³-hybridized carbons (Fsp3) is 0.647. The summed E-state index contributed by atoms with van der Waals surface area (Å²) >= 11 is 0. The number of hydrogen-bond acceptors (Lipinski definition) is 3. The van der Waals surface area contributed by atoms with Crippen molar-refractivity contribution < 1.29 is 31.8 Å². The average Bonchev–Trinajstić information content (AvgIpc) is 2.97. The molecule has 0 atom stereocenters. The summed E-state index contributed by atoms with van der Waals surface area (Å²) in [5.74, 6) is -2.29. The highest BCUT2D eigenvalue weighted by Crippen LogP contribution is 2.41. The first-order valence-electron chi connectivity index (χ1n) is 8.30. The van der Waals surface area contributed by atoms with Crippen molar-refractivity contribution in [3.8, 4) is 17.2 Å². The zero-order chi connectivity index (χ0) is 17.2. The lowest BCUT2D eigenvalue weighted by molar-refractivity contribution is -0.276. The molecule has 3 nitrogen and oxygen atoms in total. The number of benzene rings is 1. The van der Waals surface area contributed by atoms with Gasteiger partial charge in [-0.1, -0.05) is 12.8 Å². The van der Waals surface area contributed by atoms with Crippen molar-refractivity contribution in [3.63, 3.8) is 0 Å². The molecule has 0 spiro atoms. The van der Waals surface area contributed by atoms with Crippen molar-refractivity contribution in [1.82, 2.24) is 0 Å². The van der Waals surface area contributed by atoms with Crippen molar-refractivity contribution >= 4 is 0 Å². The maximum absolute atomic E-state index is 14.5. The van der Waals surface area contributed by atoms with Crippen LogP contribution in [0.15, 0.2) is 12.1 Å². The Kier molecular flexibility index (Phi) is 5.06. The second kappa shape index (κ2) is 7.07. The summed E-state index contributed by atoms with van der Waals surface area (Å²) in [6, 6.07) is 2.59. The molecule has 1 aromatic rings. The molecule has 3 rings (SSSR count). The number of rotatable bonds is 6. The highest BCUT2D eigenvalue weighted by molar-refractivity contribution is 5.47. The summed E-state index contributed by atoms with van der Waals surface area (Å²) in [6.07, 6.45) is 1.49. The van der Waals surface area contributed by atoms with Gasteiger partial charge in [-0.3, -0.25) is 0 Å². The van der Waals surface area contributed by atoms with Gasteiger partial charge in [0.15, 0.2) is 11.5 Å². The molecule has 0 amide bonds. The third kappa shape index (κ3) is 4.24. The minimum absolute atomic E-state index is 0.150. The molecule has 0 heterocycles. The third-order valence-corrected chi connectivity index (χ3v) is 4.54. The molecule has 0 aliphatic heterocycles. The lowest BCUT2D eigenvalue weighted by Gasteiger charge is -2.27. The predicted molar refractivity (Wildman–Crippen MR) is 78.8 cm³/mol. The molecule has 0 unspecified atom stereocenters. The number of alkyl halides is 3. The van der Waals surface area contributed by atoms with E-state index in [4.69, 9.17) is 9.47 Å². The fourth-order valence-corrected chi connectivity index (χ4v) is 2.99. The molecule has 0 radical (unpaired) electrons. The Morgan fingerprint density at radius 2 is 1.62 bits per heavy atom. The topological polar surface area (TPSA) is 27.7 Å². The summed E-state index contributed by atoms with van der Waals surface area (Å²) in [6.45, 7) is 0.260. The van der Waals surface area contributed by atoms with E-state index >= 15 is 0 Å². The molecule has 0 N–H and O–H groups in total. The highest BCUT2D eigenvalue weighted by Gasteiger charge is 2.35. The molecule has 2 fully saturated rings. The number of hydrogen-bond donors (Lipinski definition) is 0. The van der Waals surface area contributed by atoms with Crippen molar-refractivity contribution in [3.05, 3.63) is 17.9 Å². The number of halogens is 4. The van der Waals surface area contributed by atoms with Gasteiger partial charge in [-0.15, -0.1) is 13.2 Å². The van der Waals surface area contributed by atoms with Crippen LogP contribution in [0.5, 0.6) is 17.2 Å². The second-order valence-electron chi connectivity index (χ2n) is 6.38. The molecular formula is C17H20F4O3. The first-order valence-corrected chi connectivity index (χ1v) is 8.30. The molecule has 0 saturated heterocycles. The van der Waals surface area contributed by atoms with E-state index in [1.807, 2.05) is 0 Å². The highest BCUT2D eigenvalue weighted by atomic mass is 19.4. The molecule has 2 saturated carbocycles. The van der Waals surface area contributed by atoms with Crippen LogP contribution in [-0.2, 0) is 0 Å². The van der Waals surface area contributed by atoms with Gasteiger partial charge in [0.2, 0.25) is 11.6 Å². The molecule has 7 heteroatoms. The Bertz CT molecular complexity index is 564. The van der Waals surface area contributed by atoms with Crippen LogP contribution in [0.4, 0.5) is 17.6 Å². The molecule has 134 valence electrons. The second-order valence-corrected chi connectivity index (χ2v) is 6.38. The Morgan fingerprint density at radius 1 is 0.958 bits per heavy atom. The van der Waals surface area contributed by atoms with Gasteiger partial charge in [0.1, 0.15) is 0 Å². The quantitative estimate of drug-likeness (QED) is 0.659. The lowest BCUT2D eigenvalue weighted by Crippen LogP contribution is -2.25. The molecule has 2 aliphatic carbocycles. The molecule has 0 aromatic heterocycles. The minimum Gasteiger partial charge on any atom is -0.489 e. The van der Waals surface area contributed by atoms with Crippen LogP contribution in [0, 0.1) is 11.7 Å². The van der Waals surface area contributed by atoms with E-state index in [1.165, 1.54) is 12.1 Å².